The highest BCUT2D eigenvalue weighted by Gasteiger charge is 2.27. The molecular formula is C22H20N4O3. The second-order valence-electron chi connectivity index (χ2n) is 6.72. The standard InChI is InChI=1S/C22H20N4O3/c23-21(27)16-6-3-5-15(13-16)17-8-4-9-18(25-17)20-14-26(11-12-29-20)22(28)19-7-1-2-10-24-19/h1-10,13,20H,11-12,14H2,(H2,23,27)/t20-/m1/s1. The zero-order valence-corrected chi connectivity index (χ0v) is 15.7. The van der Waals surface area contributed by atoms with E-state index in [1.54, 1.807) is 47.5 Å². The van der Waals surface area contributed by atoms with Crippen molar-refractivity contribution in [1.29, 1.82) is 0 Å². The molecule has 1 aliphatic rings. The molecule has 0 spiro atoms. The molecule has 0 radical (unpaired) electrons. The minimum absolute atomic E-state index is 0.121. The summed E-state index contributed by atoms with van der Waals surface area (Å²) in [6.07, 6.45) is 1.27. The molecule has 29 heavy (non-hydrogen) atoms. The van der Waals surface area contributed by atoms with Crippen LogP contribution in [0.25, 0.3) is 11.3 Å². The van der Waals surface area contributed by atoms with Crippen LogP contribution in [0.3, 0.4) is 0 Å². The molecule has 0 saturated carbocycles. The number of morpholine rings is 1. The van der Waals surface area contributed by atoms with Gasteiger partial charge in [-0.25, -0.2) is 4.98 Å². The van der Waals surface area contributed by atoms with Crippen LogP contribution in [-0.2, 0) is 4.74 Å². The lowest BCUT2D eigenvalue weighted by Crippen LogP contribution is -2.42. The number of primary amides is 1. The minimum atomic E-state index is -0.484. The van der Waals surface area contributed by atoms with Gasteiger partial charge in [0.15, 0.2) is 0 Å². The van der Waals surface area contributed by atoms with Gasteiger partial charge in [-0.1, -0.05) is 24.3 Å². The number of hydrogen-bond acceptors (Lipinski definition) is 5. The Morgan fingerprint density at radius 2 is 1.93 bits per heavy atom. The predicted molar refractivity (Wildman–Crippen MR) is 107 cm³/mol. The van der Waals surface area contributed by atoms with Crippen LogP contribution >= 0.6 is 0 Å². The van der Waals surface area contributed by atoms with E-state index in [1.165, 1.54) is 0 Å². The summed E-state index contributed by atoms with van der Waals surface area (Å²) in [6, 6.07) is 17.9. The Morgan fingerprint density at radius 3 is 2.72 bits per heavy atom. The number of amides is 2. The SMILES string of the molecule is NC(=O)c1cccc(-c2cccc([C@H]3CN(C(=O)c4ccccn4)CCO3)n2)c1. The number of nitrogens with zero attached hydrogens (tertiary/aromatic N) is 3. The summed E-state index contributed by atoms with van der Waals surface area (Å²) in [6.45, 7) is 1.33. The van der Waals surface area contributed by atoms with Crippen molar-refractivity contribution >= 4 is 11.8 Å². The van der Waals surface area contributed by atoms with Gasteiger partial charge in [0.2, 0.25) is 5.91 Å². The smallest absolute Gasteiger partial charge is 0.272 e. The zero-order valence-electron chi connectivity index (χ0n) is 15.7. The first-order valence-corrected chi connectivity index (χ1v) is 9.31. The molecule has 1 fully saturated rings. The van der Waals surface area contributed by atoms with Crippen molar-refractivity contribution in [3.63, 3.8) is 0 Å². The number of aromatic nitrogens is 2. The molecule has 1 aromatic carbocycles. The Morgan fingerprint density at radius 1 is 1.07 bits per heavy atom. The molecule has 7 nitrogen and oxygen atoms in total. The molecule has 0 aliphatic carbocycles. The second kappa shape index (κ2) is 8.20. The van der Waals surface area contributed by atoms with Crippen molar-refractivity contribution in [2.24, 2.45) is 5.73 Å². The lowest BCUT2D eigenvalue weighted by molar-refractivity contribution is -0.0248. The van der Waals surface area contributed by atoms with Crippen molar-refractivity contribution in [1.82, 2.24) is 14.9 Å². The van der Waals surface area contributed by atoms with E-state index in [9.17, 15) is 9.59 Å². The van der Waals surface area contributed by atoms with Crippen LogP contribution in [-0.4, -0.2) is 46.4 Å². The zero-order chi connectivity index (χ0) is 20.2. The van der Waals surface area contributed by atoms with E-state index < -0.39 is 5.91 Å². The third-order valence-corrected chi connectivity index (χ3v) is 4.78. The maximum absolute atomic E-state index is 12.7. The van der Waals surface area contributed by atoms with Crippen molar-refractivity contribution in [2.75, 3.05) is 19.7 Å². The van der Waals surface area contributed by atoms with E-state index in [2.05, 4.69) is 4.98 Å². The average Bonchev–Trinajstić information content (AvgIpc) is 2.79. The summed E-state index contributed by atoms with van der Waals surface area (Å²) in [7, 11) is 0. The molecule has 3 heterocycles. The van der Waals surface area contributed by atoms with Gasteiger partial charge in [-0.05, 0) is 36.4 Å². The first kappa shape index (κ1) is 18.8. The van der Waals surface area contributed by atoms with Gasteiger partial charge >= 0.3 is 0 Å². The molecule has 2 amide bonds. The third-order valence-electron chi connectivity index (χ3n) is 4.78. The molecular weight excluding hydrogens is 368 g/mol. The Kier molecular flexibility index (Phi) is 5.31. The molecule has 4 rings (SSSR count). The molecule has 7 heteroatoms. The van der Waals surface area contributed by atoms with E-state index in [1.807, 2.05) is 24.3 Å². The highest BCUT2D eigenvalue weighted by Crippen LogP contribution is 2.25. The van der Waals surface area contributed by atoms with Crippen LogP contribution in [0.5, 0.6) is 0 Å². The number of carbonyl (C=O) groups excluding carboxylic acids is 2. The molecule has 146 valence electrons. The van der Waals surface area contributed by atoms with Crippen LogP contribution in [0.4, 0.5) is 0 Å². The molecule has 1 saturated heterocycles. The Balaban J connectivity index is 1.56. The normalized spacial score (nSPS) is 16.4. The van der Waals surface area contributed by atoms with Gasteiger partial charge in [0, 0.05) is 23.9 Å². The second-order valence-corrected chi connectivity index (χ2v) is 6.72. The average molecular weight is 388 g/mol. The van der Waals surface area contributed by atoms with E-state index >= 15 is 0 Å². The van der Waals surface area contributed by atoms with Gasteiger partial charge in [-0.2, -0.15) is 0 Å². The molecule has 2 N–H and O–H groups in total. The molecule has 0 bridgehead atoms. The number of ether oxygens (including phenoxy) is 1. The summed E-state index contributed by atoms with van der Waals surface area (Å²) in [5.74, 6) is -0.605. The summed E-state index contributed by atoms with van der Waals surface area (Å²) in [5.41, 5.74) is 8.45. The van der Waals surface area contributed by atoms with Gasteiger partial charge < -0.3 is 15.4 Å². The van der Waals surface area contributed by atoms with Crippen molar-refractivity contribution < 1.29 is 14.3 Å². The topological polar surface area (TPSA) is 98.4 Å². The fourth-order valence-electron chi connectivity index (χ4n) is 3.29. The molecule has 1 aliphatic heterocycles. The van der Waals surface area contributed by atoms with Crippen LogP contribution in [0.2, 0.25) is 0 Å². The van der Waals surface area contributed by atoms with Gasteiger partial charge in [0.25, 0.3) is 5.91 Å². The first-order valence-electron chi connectivity index (χ1n) is 9.31. The lowest BCUT2D eigenvalue weighted by Gasteiger charge is -2.32. The summed E-state index contributed by atoms with van der Waals surface area (Å²) < 4.78 is 5.88. The number of nitrogens with two attached hydrogens (primary N) is 1. The van der Waals surface area contributed by atoms with Crippen molar-refractivity contribution in [3.8, 4) is 11.3 Å². The number of pyridine rings is 2. The van der Waals surface area contributed by atoms with E-state index in [0.717, 1.165) is 11.3 Å². The summed E-state index contributed by atoms with van der Waals surface area (Å²) in [4.78, 5) is 34.7. The predicted octanol–water partition coefficient (Wildman–Crippen LogP) is 2.46. The van der Waals surface area contributed by atoms with Crippen molar-refractivity contribution in [2.45, 2.75) is 6.10 Å². The highest BCUT2D eigenvalue weighted by atomic mass is 16.5. The molecule has 0 unspecified atom stereocenters. The maximum Gasteiger partial charge on any atom is 0.272 e. The number of carbonyl (C=O) groups is 2. The number of benzene rings is 1. The van der Waals surface area contributed by atoms with Gasteiger partial charge in [0.1, 0.15) is 11.8 Å². The Bertz CT molecular complexity index is 1040. The minimum Gasteiger partial charge on any atom is -0.368 e. The maximum atomic E-state index is 12.7. The molecule has 1 atom stereocenters. The Hall–Kier alpha value is -3.58. The van der Waals surface area contributed by atoms with Crippen LogP contribution < -0.4 is 5.73 Å². The number of hydrogen-bond donors (Lipinski definition) is 1. The first-order chi connectivity index (χ1) is 14.1. The largest absolute Gasteiger partial charge is 0.368 e. The number of rotatable bonds is 4. The highest BCUT2D eigenvalue weighted by molar-refractivity contribution is 5.94. The van der Waals surface area contributed by atoms with E-state index in [-0.39, 0.29) is 12.0 Å². The van der Waals surface area contributed by atoms with Crippen LogP contribution in [0, 0.1) is 0 Å². The molecule has 2 aromatic heterocycles. The van der Waals surface area contributed by atoms with Crippen molar-refractivity contribution in [3.05, 3.63) is 83.8 Å². The summed E-state index contributed by atoms with van der Waals surface area (Å²) >= 11 is 0. The third kappa shape index (κ3) is 4.14. The van der Waals surface area contributed by atoms with E-state index in [0.29, 0.717) is 36.6 Å². The Labute approximate surface area is 168 Å². The monoisotopic (exact) mass is 388 g/mol. The van der Waals surface area contributed by atoms with E-state index in [4.69, 9.17) is 15.5 Å². The van der Waals surface area contributed by atoms with Gasteiger partial charge in [0.05, 0.1) is 24.5 Å². The fourth-order valence-corrected chi connectivity index (χ4v) is 3.29. The molecule has 3 aromatic rings. The summed E-state index contributed by atoms with van der Waals surface area (Å²) in [5, 5.41) is 0. The van der Waals surface area contributed by atoms with Gasteiger partial charge in [-0.15, -0.1) is 0 Å². The van der Waals surface area contributed by atoms with Crippen LogP contribution in [0.1, 0.15) is 32.6 Å². The quantitative estimate of drug-likeness (QED) is 0.740. The fraction of sp³-hybridized carbons (Fsp3) is 0.182. The lowest BCUT2D eigenvalue weighted by atomic mass is 10.1. The van der Waals surface area contributed by atoms with Gasteiger partial charge in [-0.3, -0.25) is 14.6 Å². The van der Waals surface area contributed by atoms with Crippen LogP contribution in [0.15, 0.2) is 66.9 Å².